The van der Waals surface area contributed by atoms with Gasteiger partial charge in [-0.2, -0.15) is 16.9 Å². The molecule has 4 heteroatoms. The van der Waals surface area contributed by atoms with Crippen LogP contribution in [0.25, 0.3) is 0 Å². The summed E-state index contributed by atoms with van der Waals surface area (Å²) in [6.07, 6.45) is 5.29. The Morgan fingerprint density at radius 3 is 2.88 bits per heavy atom. The third kappa shape index (κ3) is 3.41. The van der Waals surface area contributed by atoms with Gasteiger partial charge in [-0.1, -0.05) is 13.8 Å². The zero-order chi connectivity index (χ0) is 12.5. The quantitative estimate of drug-likeness (QED) is 0.895. The summed E-state index contributed by atoms with van der Waals surface area (Å²) in [4.78, 5) is 0. The molecule has 2 heterocycles. The number of hydrogen-bond acceptors (Lipinski definition) is 3. The van der Waals surface area contributed by atoms with Crippen molar-refractivity contribution in [2.24, 2.45) is 5.41 Å². The second kappa shape index (κ2) is 4.92. The fraction of sp³-hybridized carbons (Fsp3) is 0.769. The number of aromatic nitrogens is 2. The fourth-order valence-corrected chi connectivity index (χ4v) is 3.56. The van der Waals surface area contributed by atoms with Crippen molar-refractivity contribution >= 4 is 17.4 Å². The highest BCUT2D eigenvalue weighted by atomic mass is 32.2. The third-order valence-corrected chi connectivity index (χ3v) is 4.74. The molecule has 96 valence electrons. The van der Waals surface area contributed by atoms with Gasteiger partial charge in [0, 0.05) is 24.0 Å². The molecule has 0 aromatic carbocycles. The molecule has 1 N–H and O–H groups in total. The standard InChI is InChI=1S/C13H23N3S/c1-10(2)16-7-12(6-14-16)15-11-5-13(3,4)9-17-8-11/h6-7,10-11,15H,5,8-9H2,1-4H3. The van der Waals surface area contributed by atoms with Crippen molar-refractivity contribution in [2.75, 3.05) is 16.8 Å². The predicted molar refractivity (Wildman–Crippen MR) is 75.7 cm³/mol. The molecule has 3 nitrogen and oxygen atoms in total. The van der Waals surface area contributed by atoms with E-state index < -0.39 is 0 Å². The molecule has 0 saturated carbocycles. The van der Waals surface area contributed by atoms with E-state index in [-0.39, 0.29) is 0 Å². The first-order valence-corrected chi connectivity index (χ1v) is 7.50. The molecule has 1 aromatic heterocycles. The van der Waals surface area contributed by atoms with E-state index in [1.54, 1.807) is 0 Å². The lowest BCUT2D eigenvalue weighted by molar-refractivity contribution is 0.358. The van der Waals surface area contributed by atoms with E-state index in [1.807, 2.05) is 10.9 Å². The highest BCUT2D eigenvalue weighted by molar-refractivity contribution is 7.99. The third-order valence-electron chi connectivity index (χ3n) is 3.11. The van der Waals surface area contributed by atoms with Gasteiger partial charge in [-0.05, 0) is 31.4 Å². The average Bonchev–Trinajstić information content (AvgIpc) is 2.64. The van der Waals surface area contributed by atoms with Crippen molar-refractivity contribution in [1.29, 1.82) is 0 Å². The van der Waals surface area contributed by atoms with Crippen LogP contribution >= 0.6 is 11.8 Å². The van der Waals surface area contributed by atoms with E-state index >= 15 is 0 Å². The highest BCUT2D eigenvalue weighted by Crippen LogP contribution is 2.34. The monoisotopic (exact) mass is 253 g/mol. The van der Waals surface area contributed by atoms with Gasteiger partial charge < -0.3 is 5.32 Å². The van der Waals surface area contributed by atoms with Crippen LogP contribution in [0.15, 0.2) is 12.4 Å². The molecular weight excluding hydrogens is 230 g/mol. The van der Waals surface area contributed by atoms with E-state index in [1.165, 1.54) is 17.9 Å². The summed E-state index contributed by atoms with van der Waals surface area (Å²) in [6, 6.07) is 1.01. The van der Waals surface area contributed by atoms with Gasteiger partial charge in [-0.25, -0.2) is 0 Å². The lowest BCUT2D eigenvalue weighted by atomic mass is 9.88. The summed E-state index contributed by atoms with van der Waals surface area (Å²) in [5.74, 6) is 2.48. The number of hydrogen-bond donors (Lipinski definition) is 1. The normalized spacial score (nSPS) is 23.9. The lowest BCUT2D eigenvalue weighted by Crippen LogP contribution is -2.35. The smallest absolute Gasteiger partial charge is 0.0729 e. The van der Waals surface area contributed by atoms with Gasteiger partial charge in [-0.3, -0.25) is 4.68 Å². The molecular formula is C13H23N3S. The summed E-state index contributed by atoms with van der Waals surface area (Å²) < 4.78 is 2.00. The predicted octanol–water partition coefficient (Wildman–Crippen LogP) is 3.41. The summed E-state index contributed by atoms with van der Waals surface area (Å²) in [5, 5.41) is 7.97. The Bertz CT molecular complexity index is 370. The molecule has 1 atom stereocenters. The van der Waals surface area contributed by atoms with Crippen LogP contribution in [0.3, 0.4) is 0 Å². The van der Waals surface area contributed by atoms with Crippen molar-refractivity contribution < 1.29 is 0 Å². The van der Waals surface area contributed by atoms with Crippen LogP contribution in [-0.2, 0) is 0 Å². The number of nitrogens with one attached hydrogen (secondary N) is 1. The van der Waals surface area contributed by atoms with Crippen LogP contribution in [0.5, 0.6) is 0 Å². The maximum absolute atomic E-state index is 4.36. The van der Waals surface area contributed by atoms with Crippen LogP contribution in [0, 0.1) is 5.41 Å². The van der Waals surface area contributed by atoms with E-state index in [0.29, 0.717) is 17.5 Å². The van der Waals surface area contributed by atoms with Gasteiger partial charge in [-0.15, -0.1) is 0 Å². The minimum absolute atomic E-state index is 0.433. The van der Waals surface area contributed by atoms with Crippen molar-refractivity contribution in [3.8, 4) is 0 Å². The Labute approximate surface area is 108 Å². The molecule has 0 amide bonds. The summed E-state index contributed by atoms with van der Waals surface area (Å²) in [5.41, 5.74) is 1.61. The summed E-state index contributed by atoms with van der Waals surface area (Å²) >= 11 is 2.05. The Balaban J connectivity index is 1.95. The Morgan fingerprint density at radius 2 is 2.29 bits per heavy atom. The SMILES string of the molecule is CC(C)n1cc(NC2CSCC(C)(C)C2)cn1. The maximum atomic E-state index is 4.36. The van der Waals surface area contributed by atoms with Gasteiger partial charge in [0.15, 0.2) is 0 Å². The Hall–Kier alpha value is -0.640. The van der Waals surface area contributed by atoms with Gasteiger partial charge in [0.25, 0.3) is 0 Å². The van der Waals surface area contributed by atoms with Crippen LogP contribution in [-0.4, -0.2) is 27.3 Å². The van der Waals surface area contributed by atoms with Crippen LogP contribution in [0.1, 0.15) is 40.2 Å². The summed E-state index contributed by atoms with van der Waals surface area (Å²) in [6.45, 7) is 9.00. The first kappa shape index (κ1) is 12.8. The molecule has 0 spiro atoms. The second-order valence-electron chi connectivity index (χ2n) is 6.03. The van der Waals surface area contributed by atoms with Crippen molar-refractivity contribution in [2.45, 2.75) is 46.2 Å². The molecule has 17 heavy (non-hydrogen) atoms. The molecule has 1 aliphatic rings. The zero-order valence-electron chi connectivity index (χ0n) is 11.2. The van der Waals surface area contributed by atoms with Gasteiger partial charge in [0.05, 0.1) is 11.9 Å². The molecule has 1 saturated heterocycles. The largest absolute Gasteiger partial charge is 0.379 e. The van der Waals surface area contributed by atoms with E-state index in [0.717, 1.165) is 5.69 Å². The molecule has 1 fully saturated rings. The number of anilines is 1. The molecule has 2 rings (SSSR count). The number of thioether (sulfide) groups is 1. The van der Waals surface area contributed by atoms with Gasteiger partial charge >= 0.3 is 0 Å². The number of rotatable bonds is 3. The highest BCUT2D eigenvalue weighted by Gasteiger charge is 2.28. The van der Waals surface area contributed by atoms with Gasteiger partial charge in [0.2, 0.25) is 0 Å². The maximum Gasteiger partial charge on any atom is 0.0729 e. The fourth-order valence-electron chi connectivity index (χ4n) is 2.29. The van der Waals surface area contributed by atoms with Crippen molar-refractivity contribution in [1.82, 2.24) is 9.78 Å². The first-order valence-electron chi connectivity index (χ1n) is 6.35. The lowest BCUT2D eigenvalue weighted by Gasteiger charge is -2.35. The average molecular weight is 253 g/mol. The summed E-state index contributed by atoms with van der Waals surface area (Å²) in [7, 11) is 0. The van der Waals surface area contributed by atoms with E-state index in [2.05, 4.69) is 56.1 Å². The molecule has 0 bridgehead atoms. The van der Waals surface area contributed by atoms with E-state index in [9.17, 15) is 0 Å². The minimum Gasteiger partial charge on any atom is -0.379 e. The van der Waals surface area contributed by atoms with Crippen molar-refractivity contribution in [3.05, 3.63) is 12.4 Å². The molecule has 1 aromatic rings. The Kier molecular flexibility index (Phi) is 3.71. The number of nitrogens with zero attached hydrogens (tertiary/aromatic N) is 2. The molecule has 0 aliphatic carbocycles. The molecule has 1 aliphatic heterocycles. The van der Waals surface area contributed by atoms with Gasteiger partial charge in [0.1, 0.15) is 0 Å². The van der Waals surface area contributed by atoms with Crippen LogP contribution < -0.4 is 5.32 Å². The first-order chi connectivity index (χ1) is 7.96. The molecule has 0 radical (unpaired) electrons. The zero-order valence-corrected chi connectivity index (χ0v) is 12.0. The van der Waals surface area contributed by atoms with Crippen molar-refractivity contribution in [3.63, 3.8) is 0 Å². The van der Waals surface area contributed by atoms with Crippen LogP contribution in [0.2, 0.25) is 0 Å². The topological polar surface area (TPSA) is 29.9 Å². The molecule has 1 unspecified atom stereocenters. The van der Waals surface area contributed by atoms with Crippen LogP contribution in [0.4, 0.5) is 5.69 Å². The van der Waals surface area contributed by atoms with E-state index in [4.69, 9.17) is 0 Å². The second-order valence-corrected chi connectivity index (χ2v) is 7.06. The minimum atomic E-state index is 0.433. The Morgan fingerprint density at radius 1 is 1.53 bits per heavy atom.